The number of nitrogens with two attached hydrogens (primary N) is 1. The zero-order valence-corrected chi connectivity index (χ0v) is 10.8. The van der Waals surface area contributed by atoms with Gasteiger partial charge < -0.3 is 16.0 Å². The number of nitrogens with one attached hydrogen (secondary N) is 1. The van der Waals surface area contributed by atoms with Crippen LogP contribution in [0.2, 0.25) is 0 Å². The van der Waals surface area contributed by atoms with E-state index in [2.05, 4.69) is 24.1 Å². The van der Waals surface area contributed by atoms with Crippen LogP contribution in [0.25, 0.3) is 0 Å². The predicted molar refractivity (Wildman–Crippen MR) is 66.1 cm³/mol. The molecule has 1 rings (SSSR count). The number of hydrogen-bond donors (Lipinski definition) is 2. The molecule has 94 valence electrons. The summed E-state index contributed by atoms with van der Waals surface area (Å²) >= 11 is 0. The molecule has 0 aromatic heterocycles. The minimum atomic E-state index is 0.127. The summed E-state index contributed by atoms with van der Waals surface area (Å²) in [5.74, 6) is 0.180. The molecule has 0 aliphatic heterocycles. The van der Waals surface area contributed by atoms with Crippen molar-refractivity contribution in [2.45, 2.75) is 39.2 Å². The molecule has 1 aliphatic carbocycles. The van der Waals surface area contributed by atoms with Gasteiger partial charge in [-0.05, 0) is 31.8 Å². The van der Waals surface area contributed by atoms with Crippen LogP contribution in [0.5, 0.6) is 0 Å². The van der Waals surface area contributed by atoms with Crippen molar-refractivity contribution in [3.8, 4) is 0 Å². The third-order valence-electron chi connectivity index (χ3n) is 2.91. The maximum Gasteiger partial charge on any atom is 0.221 e. The Kier molecular flexibility index (Phi) is 4.74. The van der Waals surface area contributed by atoms with Crippen molar-refractivity contribution in [1.82, 2.24) is 10.2 Å². The lowest BCUT2D eigenvalue weighted by Crippen LogP contribution is -2.38. The van der Waals surface area contributed by atoms with E-state index < -0.39 is 0 Å². The second-order valence-electron chi connectivity index (χ2n) is 5.70. The molecule has 1 amide bonds. The maximum atomic E-state index is 11.5. The Balaban J connectivity index is 2.13. The quantitative estimate of drug-likeness (QED) is 0.668. The SMILES string of the molecule is CN(CCC(=O)NC1CC1)CC(C)(C)CN. The molecule has 4 nitrogen and oxygen atoms in total. The van der Waals surface area contributed by atoms with Crippen LogP contribution in [-0.4, -0.2) is 43.5 Å². The molecule has 0 saturated heterocycles. The van der Waals surface area contributed by atoms with E-state index in [1.54, 1.807) is 0 Å². The first-order chi connectivity index (χ1) is 7.43. The van der Waals surface area contributed by atoms with Gasteiger partial charge in [0.15, 0.2) is 0 Å². The van der Waals surface area contributed by atoms with Gasteiger partial charge >= 0.3 is 0 Å². The van der Waals surface area contributed by atoms with E-state index in [0.29, 0.717) is 19.0 Å². The normalized spacial score (nSPS) is 16.6. The average molecular weight is 227 g/mol. The molecule has 0 spiro atoms. The molecule has 0 unspecified atom stereocenters. The molecule has 1 aliphatic rings. The first kappa shape index (κ1) is 13.5. The molecular formula is C12H25N3O. The second kappa shape index (κ2) is 5.64. The average Bonchev–Trinajstić information content (AvgIpc) is 2.98. The van der Waals surface area contributed by atoms with Gasteiger partial charge in [-0.15, -0.1) is 0 Å². The summed E-state index contributed by atoms with van der Waals surface area (Å²) in [5, 5.41) is 3.00. The van der Waals surface area contributed by atoms with E-state index >= 15 is 0 Å². The van der Waals surface area contributed by atoms with Crippen LogP contribution in [0.15, 0.2) is 0 Å². The molecular weight excluding hydrogens is 202 g/mol. The van der Waals surface area contributed by atoms with E-state index in [0.717, 1.165) is 25.9 Å². The summed E-state index contributed by atoms with van der Waals surface area (Å²) in [5.41, 5.74) is 5.81. The van der Waals surface area contributed by atoms with Crippen molar-refractivity contribution in [1.29, 1.82) is 0 Å². The third kappa shape index (κ3) is 5.47. The van der Waals surface area contributed by atoms with Crippen molar-refractivity contribution < 1.29 is 4.79 Å². The first-order valence-electron chi connectivity index (χ1n) is 6.11. The van der Waals surface area contributed by atoms with Gasteiger partial charge in [-0.25, -0.2) is 0 Å². The minimum absolute atomic E-state index is 0.127. The summed E-state index contributed by atoms with van der Waals surface area (Å²) in [4.78, 5) is 13.7. The standard InChI is InChI=1S/C12H25N3O/c1-12(2,8-13)9-15(3)7-6-11(16)14-10-4-5-10/h10H,4-9,13H2,1-3H3,(H,14,16). The third-order valence-corrected chi connectivity index (χ3v) is 2.91. The van der Waals surface area contributed by atoms with Crippen molar-refractivity contribution in [3.63, 3.8) is 0 Å². The molecule has 0 radical (unpaired) electrons. The number of rotatable bonds is 7. The van der Waals surface area contributed by atoms with Gasteiger partial charge in [0.25, 0.3) is 0 Å². The number of carbonyl (C=O) groups is 1. The van der Waals surface area contributed by atoms with Gasteiger partial charge in [0.2, 0.25) is 5.91 Å². The molecule has 0 heterocycles. The van der Waals surface area contributed by atoms with E-state index in [1.165, 1.54) is 0 Å². The van der Waals surface area contributed by atoms with Crippen LogP contribution in [0.3, 0.4) is 0 Å². The van der Waals surface area contributed by atoms with Gasteiger partial charge in [-0.3, -0.25) is 4.79 Å². The predicted octanol–water partition coefficient (Wildman–Crippen LogP) is 0.572. The molecule has 0 bridgehead atoms. The highest BCUT2D eigenvalue weighted by atomic mass is 16.1. The molecule has 16 heavy (non-hydrogen) atoms. The lowest BCUT2D eigenvalue weighted by atomic mass is 9.93. The molecule has 1 fully saturated rings. The Morgan fingerprint density at radius 2 is 2.12 bits per heavy atom. The molecule has 3 N–H and O–H groups in total. The Morgan fingerprint density at radius 3 is 2.62 bits per heavy atom. The van der Waals surface area contributed by atoms with Crippen LogP contribution >= 0.6 is 0 Å². The maximum absolute atomic E-state index is 11.5. The van der Waals surface area contributed by atoms with Crippen LogP contribution < -0.4 is 11.1 Å². The highest BCUT2D eigenvalue weighted by molar-refractivity contribution is 5.76. The summed E-state index contributed by atoms with van der Waals surface area (Å²) in [6, 6.07) is 0.471. The van der Waals surface area contributed by atoms with E-state index in [9.17, 15) is 4.79 Å². The molecule has 0 atom stereocenters. The summed E-state index contributed by atoms with van der Waals surface area (Å²) in [6.45, 7) is 6.70. The zero-order chi connectivity index (χ0) is 12.2. The van der Waals surface area contributed by atoms with Gasteiger partial charge in [0, 0.05) is 25.6 Å². The number of hydrogen-bond acceptors (Lipinski definition) is 3. The fourth-order valence-corrected chi connectivity index (χ4v) is 1.69. The van der Waals surface area contributed by atoms with Crippen molar-refractivity contribution in [2.75, 3.05) is 26.7 Å². The van der Waals surface area contributed by atoms with E-state index in [1.807, 2.05) is 7.05 Å². The van der Waals surface area contributed by atoms with Crippen molar-refractivity contribution in [3.05, 3.63) is 0 Å². The fraction of sp³-hybridized carbons (Fsp3) is 0.917. The lowest BCUT2D eigenvalue weighted by Gasteiger charge is -2.28. The minimum Gasteiger partial charge on any atom is -0.353 e. The van der Waals surface area contributed by atoms with Crippen LogP contribution in [-0.2, 0) is 4.79 Å². The van der Waals surface area contributed by atoms with Crippen LogP contribution in [0, 0.1) is 5.41 Å². The highest BCUT2D eigenvalue weighted by Crippen LogP contribution is 2.18. The van der Waals surface area contributed by atoms with Gasteiger partial charge in [0.05, 0.1) is 0 Å². The second-order valence-corrected chi connectivity index (χ2v) is 5.70. The Bertz CT molecular complexity index is 236. The fourth-order valence-electron chi connectivity index (χ4n) is 1.69. The van der Waals surface area contributed by atoms with Crippen LogP contribution in [0.1, 0.15) is 33.1 Å². The lowest BCUT2D eigenvalue weighted by molar-refractivity contribution is -0.121. The summed E-state index contributed by atoms with van der Waals surface area (Å²) in [6.07, 6.45) is 2.90. The molecule has 0 aromatic rings. The zero-order valence-electron chi connectivity index (χ0n) is 10.8. The monoisotopic (exact) mass is 227 g/mol. The molecule has 0 aromatic carbocycles. The smallest absolute Gasteiger partial charge is 0.221 e. The highest BCUT2D eigenvalue weighted by Gasteiger charge is 2.23. The Hall–Kier alpha value is -0.610. The number of carbonyl (C=O) groups excluding carboxylic acids is 1. The number of nitrogens with zero attached hydrogens (tertiary/aromatic N) is 1. The van der Waals surface area contributed by atoms with E-state index in [4.69, 9.17) is 5.73 Å². The summed E-state index contributed by atoms with van der Waals surface area (Å²) < 4.78 is 0. The van der Waals surface area contributed by atoms with Crippen LogP contribution in [0.4, 0.5) is 0 Å². The largest absolute Gasteiger partial charge is 0.353 e. The topological polar surface area (TPSA) is 58.4 Å². The summed E-state index contributed by atoms with van der Waals surface area (Å²) in [7, 11) is 2.04. The van der Waals surface area contributed by atoms with Gasteiger partial charge in [-0.1, -0.05) is 13.8 Å². The van der Waals surface area contributed by atoms with E-state index in [-0.39, 0.29) is 11.3 Å². The number of amides is 1. The van der Waals surface area contributed by atoms with Gasteiger partial charge in [-0.2, -0.15) is 0 Å². The molecule has 4 heteroatoms. The Labute approximate surface area is 98.6 Å². The Morgan fingerprint density at radius 1 is 1.50 bits per heavy atom. The van der Waals surface area contributed by atoms with Gasteiger partial charge in [0.1, 0.15) is 0 Å². The molecule has 1 saturated carbocycles. The van der Waals surface area contributed by atoms with Crippen molar-refractivity contribution >= 4 is 5.91 Å². The van der Waals surface area contributed by atoms with Crippen molar-refractivity contribution in [2.24, 2.45) is 11.1 Å². The first-order valence-corrected chi connectivity index (χ1v) is 6.11.